The third-order valence-electron chi connectivity index (χ3n) is 3.36. The van der Waals surface area contributed by atoms with E-state index in [0.717, 1.165) is 17.9 Å². The van der Waals surface area contributed by atoms with Gasteiger partial charge >= 0.3 is 0 Å². The molecular formula is C16H17N5O2S. The molecule has 0 aliphatic heterocycles. The average molecular weight is 343 g/mol. The van der Waals surface area contributed by atoms with Crippen molar-refractivity contribution in [2.75, 3.05) is 11.1 Å². The molecule has 0 radical (unpaired) electrons. The zero-order valence-electron chi connectivity index (χ0n) is 13.2. The van der Waals surface area contributed by atoms with Crippen molar-refractivity contribution < 1.29 is 9.21 Å². The number of carbonyl (C=O) groups excluding carboxylic acids is 1. The Hall–Kier alpha value is -2.61. The SMILES string of the molecule is CCc1ccc(NC(=O)CSc2nnnn2Cc2ccco2)cc1. The summed E-state index contributed by atoms with van der Waals surface area (Å²) >= 11 is 1.28. The van der Waals surface area contributed by atoms with Crippen molar-refractivity contribution in [1.29, 1.82) is 0 Å². The van der Waals surface area contributed by atoms with Gasteiger partial charge in [0, 0.05) is 5.69 Å². The fraction of sp³-hybridized carbons (Fsp3) is 0.250. The Labute approximate surface area is 143 Å². The lowest BCUT2D eigenvalue weighted by molar-refractivity contribution is -0.113. The maximum Gasteiger partial charge on any atom is 0.234 e. The summed E-state index contributed by atoms with van der Waals surface area (Å²) in [5.41, 5.74) is 2.02. The molecule has 2 heterocycles. The van der Waals surface area contributed by atoms with Crippen molar-refractivity contribution in [2.24, 2.45) is 0 Å². The smallest absolute Gasteiger partial charge is 0.234 e. The molecule has 0 aliphatic rings. The molecule has 0 spiro atoms. The third kappa shape index (κ3) is 4.23. The minimum Gasteiger partial charge on any atom is -0.467 e. The van der Waals surface area contributed by atoms with E-state index < -0.39 is 0 Å². The summed E-state index contributed by atoms with van der Waals surface area (Å²) in [5.74, 6) is 0.884. The van der Waals surface area contributed by atoms with Gasteiger partial charge < -0.3 is 9.73 Å². The van der Waals surface area contributed by atoms with Crippen LogP contribution in [0.3, 0.4) is 0 Å². The Balaban J connectivity index is 1.53. The maximum absolute atomic E-state index is 12.1. The summed E-state index contributed by atoms with van der Waals surface area (Å²) in [6, 6.07) is 11.5. The number of hydrogen-bond acceptors (Lipinski definition) is 6. The van der Waals surface area contributed by atoms with Gasteiger partial charge in [-0.2, -0.15) is 0 Å². The second-order valence-electron chi connectivity index (χ2n) is 5.09. The lowest BCUT2D eigenvalue weighted by Gasteiger charge is -2.06. The summed E-state index contributed by atoms with van der Waals surface area (Å²) in [4.78, 5) is 12.1. The van der Waals surface area contributed by atoms with Crippen molar-refractivity contribution >= 4 is 23.4 Å². The summed E-state index contributed by atoms with van der Waals surface area (Å²) in [7, 11) is 0. The second-order valence-corrected chi connectivity index (χ2v) is 6.03. The highest BCUT2D eigenvalue weighted by atomic mass is 32.2. The highest BCUT2D eigenvalue weighted by Gasteiger charge is 2.11. The zero-order valence-corrected chi connectivity index (χ0v) is 14.0. The molecule has 0 bridgehead atoms. The standard InChI is InChI=1S/C16H17N5O2S/c1-2-12-5-7-13(8-6-12)17-15(22)11-24-16-18-19-20-21(16)10-14-4-3-9-23-14/h3-9H,2,10-11H2,1H3,(H,17,22). The van der Waals surface area contributed by atoms with E-state index >= 15 is 0 Å². The molecule has 3 aromatic rings. The maximum atomic E-state index is 12.1. The van der Waals surface area contributed by atoms with E-state index in [-0.39, 0.29) is 11.7 Å². The Morgan fingerprint density at radius 1 is 1.29 bits per heavy atom. The monoisotopic (exact) mass is 343 g/mol. The first-order valence-electron chi connectivity index (χ1n) is 7.54. The third-order valence-corrected chi connectivity index (χ3v) is 4.32. The quantitative estimate of drug-likeness (QED) is 0.664. The van der Waals surface area contributed by atoms with Gasteiger partial charge in [-0.15, -0.1) is 5.10 Å². The Bertz CT molecular complexity index is 783. The van der Waals surface area contributed by atoms with Gasteiger partial charge in [0.25, 0.3) is 0 Å². The van der Waals surface area contributed by atoms with Crippen LogP contribution in [0.5, 0.6) is 0 Å². The molecule has 0 aliphatic carbocycles. The van der Waals surface area contributed by atoms with Crippen LogP contribution in [0.4, 0.5) is 5.69 Å². The average Bonchev–Trinajstić information content (AvgIpc) is 3.26. The normalized spacial score (nSPS) is 10.7. The van der Waals surface area contributed by atoms with E-state index in [4.69, 9.17) is 4.42 Å². The highest BCUT2D eigenvalue weighted by Crippen LogP contribution is 2.16. The van der Waals surface area contributed by atoms with E-state index in [1.807, 2.05) is 36.4 Å². The molecule has 24 heavy (non-hydrogen) atoms. The number of hydrogen-bond donors (Lipinski definition) is 1. The number of nitrogens with one attached hydrogen (secondary N) is 1. The number of aromatic nitrogens is 4. The van der Waals surface area contributed by atoms with E-state index in [1.54, 1.807) is 10.9 Å². The van der Waals surface area contributed by atoms with E-state index in [1.165, 1.54) is 17.3 Å². The molecular weight excluding hydrogens is 326 g/mol. The van der Waals surface area contributed by atoms with Gasteiger partial charge in [0.15, 0.2) is 0 Å². The largest absolute Gasteiger partial charge is 0.467 e. The van der Waals surface area contributed by atoms with Crippen molar-refractivity contribution in [3.05, 3.63) is 54.0 Å². The van der Waals surface area contributed by atoms with Crippen molar-refractivity contribution in [1.82, 2.24) is 20.2 Å². The van der Waals surface area contributed by atoms with E-state index in [9.17, 15) is 4.79 Å². The molecule has 0 unspecified atom stereocenters. The molecule has 8 heteroatoms. The zero-order chi connectivity index (χ0) is 16.8. The number of carbonyl (C=O) groups is 1. The van der Waals surface area contributed by atoms with Crippen LogP contribution in [0.2, 0.25) is 0 Å². The van der Waals surface area contributed by atoms with Crippen LogP contribution in [0.25, 0.3) is 0 Å². The first kappa shape index (κ1) is 16.3. The van der Waals surface area contributed by atoms with E-state index in [2.05, 4.69) is 27.8 Å². The predicted molar refractivity (Wildman–Crippen MR) is 90.8 cm³/mol. The molecule has 7 nitrogen and oxygen atoms in total. The van der Waals surface area contributed by atoms with Crippen LogP contribution in [0.15, 0.2) is 52.2 Å². The van der Waals surface area contributed by atoms with Gasteiger partial charge in [-0.3, -0.25) is 4.79 Å². The summed E-state index contributed by atoms with van der Waals surface area (Å²) in [5, 5.41) is 14.9. The number of furan rings is 1. The lowest BCUT2D eigenvalue weighted by Crippen LogP contribution is -2.14. The van der Waals surface area contributed by atoms with Crippen LogP contribution in [0, 0.1) is 0 Å². The van der Waals surface area contributed by atoms with Crippen molar-refractivity contribution in [2.45, 2.75) is 25.0 Å². The molecule has 0 fully saturated rings. The van der Waals surface area contributed by atoms with Crippen molar-refractivity contribution in [3.8, 4) is 0 Å². The Kier molecular flexibility index (Phi) is 5.27. The number of anilines is 1. The molecule has 1 amide bonds. The van der Waals surface area contributed by atoms with Crippen LogP contribution >= 0.6 is 11.8 Å². The molecule has 0 saturated heterocycles. The lowest BCUT2D eigenvalue weighted by atomic mass is 10.1. The number of aryl methyl sites for hydroxylation is 1. The fourth-order valence-corrected chi connectivity index (χ4v) is 2.78. The van der Waals surface area contributed by atoms with Crippen LogP contribution < -0.4 is 5.32 Å². The number of nitrogens with zero attached hydrogens (tertiary/aromatic N) is 4. The second kappa shape index (κ2) is 7.78. The fourth-order valence-electron chi connectivity index (χ4n) is 2.10. The first-order chi connectivity index (χ1) is 11.7. The number of amides is 1. The first-order valence-corrected chi connectivity index (χ1v) is 8.53. The van der Waals surface area contributed by atoms with Gasteiger partial charge in [0.2, 0.25) is 11.1 Å². The van der Waals surface area contributed by atoms with Crippen LogP contribution in [-0.2, 0) is 17.8 Å². The van der Waals surface area contributed by atoms with Gasteiger partial charge in [-0.1, -0.05) is 30.8 Å². The number of tetrazole rings is 1. The van der Waals surface area contributed by atoms with Gasteiger partial charge in [-0.05, 0) is 46.7 Å². The summed E-state index contributed by atoms with van der Waals surface area (Å²) < 4.78 is 6.88. The molecule has 1 N–H and O–H groups in total. The highest BCUT2D eigenvalue weighted by molar-refractivity contribution is 7.99. The van der Waals surface area contributed by atoms with E-state index in [0.29, 0.717) is 11.7 Å². The number of thioether (sulfide) groups is 1. The van der Waals surface area contributed by atoms with Gasteiger partial charge in [-0.25, -0.2) is 4.68 Å². The van der Waals surface area contributed by atoms with Crippen LogP contribution in [-0.4, -0.2) is 31.9 Å². The summed E-state index contributed by atoms with van der Waals surface area (Å²) in [6.07, 6.45) is 2.58. The minimum atomic E-state index is -0.100. The molecule has 1 aromatic carbocycles. The number of rotatable bonds is 7. The topological polar surface area (TPSA) is 85.8 Å². The number of benzene rings is 1. The predicted octanol–water partition coefficient (Wildman–Crippen LogP) is 2.61. The molecule has 0 saturated carbocycles. The van der Waals surface area contributed by atoms with Gasteiger partial charge in [0.05, 0.1) is 12.0 Å². The molecule has 3 rings (SSSR count). The van der Waals surface area contributed by atoms with Crippen LogP contribution in [0.1, 0.15) is 18.2 Å². The Morgan fingerprint density at radius 2 is 2.12 bits per heavy atom. The molecule has 124 valence electrons. The van der Waals surface area contributed by atoms with Crippen molar-refractivity contribution in [3.63, 3.8) is 0 Å². The van der Waals surface area contributed by atoms with Gasteiger partial charge in [0.1, 0.15) is 12.3 Å². The minimum absolute atomic E-state index is 0.100. The Morgan fingerprint density at radius 3 is 2.83 bits per heavy atom. The molecule has 0 atom stereocenters. The summed E-state index contributed by atoms with van der Waals surface area (Å²) in [6.45, 7) is 2.53. The molecule has 2 aromatic heterocycles.